The quantitative estimate of drug-likeness (QED) is 0.438. The summed E-state index contributed by atoms with van der Waals surface area (Å²) in [6.07, 6.45) is 5.63. The van der Waals surface area contributed by atoms with Crippen LogP contribution in [0.3, 0.4) is 0 Å². The van der Waals surface area contributed by atoms with Gasteiger partial charge in [-0.1, -0.05) is 6.08 Å². The molecule has 1 heterocycles. The van der Waals surface area contributed by atoms with Gasteiger partial charge in [0, 0.05) is 0 Å². The molecule has 1 atom stereocenters. The van der Waals surface area contributed by atoms with Crippen molar-refractivity contribution in [1.29, 1.82) is 0 Å². The largest absolute Gasteiger partial charge is 0.478 e. The van der Waals surface area contributed by atoms with Gasteiger partial charge in [0.2, 0.25) is 0 Å². The second kappa shape index (κ2) is 2.13. The first-order chi connectivity index (χ1) is 3.39. The molecule has 2 heteroatoms. The maximum Gasteiger partial charge on any atom is 0.107 e. The molecule has 0 aromatic heterocycles. The van der Waals surface area contributed by atoms with Crippen LogP contribution in [0.4, 0.5) is 0 Å². The molecule has 0 spiro atoms. The Morgan fingerprint density at radius 3 is 2.57 bits per heavy atom. The molecule has 0 aromatic carbocycles. The molecule has 0 saturated carbocycles. The van der Waals surface area contributed by atoms with Gasteiger partial charge in [0.05, 0.1) is 6.26 Å². The summed E-state index contributed by atoms with van der Waals surface area (Å²) < 4.78 is 5.08. The van der Waals surface area contributed by atoms with Crippen molar-refractivity contribution < 1.29 is 4.52 Å². The van der Waals surface area contributed by atoms with Crippen LogP contribution in [0.5, 0.6) is 0 Å². The van der Waals surface area contributed by atoms with Crippen molar-refractivity contribution in [1.82, 2.24) is 0 Å². The number of hydrogen-bond acceptors (Lipinski definition) is 1. The van der Waals surface area contributed by atoms with E-state index in [1.807, 2.05) is 12.2 Å². The SMILES string of the molecule is CP1C=CC=CO1. The van der Waals surface area contributed by atoms with Crippen LogP contribution in [0.2, 0.25) is 0 Å². The molecule has 1 nitrogen and oxygen atoms in total. The van der Waals surface area contributed by atoms with Crippen LogP contribution in [0.15, 0.2) is 24.2 Å². The zero-order valence-corrected chi connectivity index (χ0v) is 5.06. The minimum atomic E-state index is -0.259. The van der Waals surface area contributed by atoms with E-state index in [1.54, 1.807) is 6.26 Å². The zero-order valence-electron chi connectivity index (χ0n) is 4.16. The molecule has 1 unspecified atom stereocenters. The summed E-state index contributed by atoms with van der Waals surface area (Å²) in [5.74, 6) is 2.06. The molecule has 0 saturated heterocycles. The third kappa shape index (κ3) is 1.32. The van der Waals surface area contributed by atoms with E-state index >= 15 is 0 Å². The van der Waals surface area contributed by atoms with Gasteiger partial charge in [-0.15, -0.1) is 0 Å². The van der Waals surface area contributed by atoms with Crippen LogP contribution in [-0.2, 0) is 4.52 Å². The van der Waals surface area contributed by atoms with Crippen LogP contribution in [0, 0.1) is 0 Å². The van der Waals surface area contributed by atoms with E-state index in [0.717, 1.165) is 0 Å². The fourth-order valence-electron chi connectivity index (χ4n) is 0.383. The third-order valence-electron chi connectivity index (χ3n) is 0.713. The summed E-state index contributed by atoms with van der Waals surface area (Å²) >= 11 is 0. The van der Waals surface area contributed by atoms with Crippen LogP contribution in [-0.4, -0.2) is 6.66 Å². The molecule has 0 fully saturated rings. The first-order valence-electron chi connectivity index (χ1n) is 2.12. The maximum atomic E-state index is 5.08. The summed E-state index contributed by atoms with van der Waals surface area (Å²) in [5.41, 5.74) is 0. The summed E-state index contributed by atoms with van der Waals surface area (Å²) in [6.45, 7) is 2.06. The average molecular weight is 114 g/mol. The average Bonchev–Trinajstić information content (AvgIpc) is 1.69. The van der Waals surface area contributed by atoms with Gasteiger partial charge in [-0.25, -0.2) is 0 Å². The highest BCUT2D eigenvalue weighted by Crippen LogP contribution is 2.35. The van der Waals surface area contributed by atoms with Gasteiger partial charge in [0.25, 0.3) is 0 Å². The first kappa shape index (κ1) is 4.86. The van der Waals surface area contributed by atoms with E-state index in [9.17, 15) is 0 Å². The molecule has 1 aliphatic rings. The summed E-state index contributed by atoms with van der Waals surface area (Å²) in [6, 6.07) is 0. The van der Waals surface area contributed by atoms with Crippen molar-refractivity contribution >= 4 is 8.15 Å². The summed E-state index contributed by atoms with van der Waals surface area (Å²) in [5, 5.41) is 0. The van der Waals surface area contributed by atoms with E-state index in [-0.39, 0.29) is 8.15 Å². The molecule has 0 aromatic rings. The molecule has 0 bridgehead atoms. The van der Waals surface area contributed by atoms with Crippen LogP contribution in [0.25, 0.3) is 0 Å². The minimum Gasteiger partial charge on any atom is -0.478 e. The lowest BCUT2D eigenvalue weighted by Gasteiger charge is -2.06. The Kier molecular flexibility index (Phi) is 1.48. The second-order valence-electron chi connectivity index (χ2n) is 1.32. The minimum absolute atomic E-state index is 0.259. The first-order valence-corrected chi connectivity index (χ1v) is 3.90. The molecule has 0 amide bonds. The van der Waals surface area contributed by atoms with Crippen molar-refractivity contribution in [3.8, 4) is 0 Å². The number of rotatable bonds is 0. The van der Waals surface area contributed by atoms with Gasteiger partial charge in [-0.3, -0.25) is 0 Å². The molecular weight excluding hydrogens is 107 g/mol. The van der Waals surface area contributed by atoms with E-state index in [4.69, 9.17) is 4.52 Å². The molecule has 0 N–H and O–H groups in total. The van der Waals surface area contributed by atoms with Crippen molar-refractivity contribution in [3.63, 3.8) is 0 Å². The van der Waals surface area contributed by atoms with Gasteiger partial charge < -0.3 is 4.52 Å². The Hall–Kier alpha value is -0.290. The topological polar surface area (TPSA) is 9.23 Å². The second-order valence-corrected chi connectivity index (χ2v) is 2.92. The van der Waals surface area contributed by atoms with Gasteiger partial charge >= 0.3 is 0 Å². The van der Waals surface area contributed by atoms with Crippen molar-refractivity contribution in [2.75, 3.05) is 6.66 Å². The Labute approximate surface area is 44.5 Å². The lowest BCUT2D eigenvalue weighted by Crippen LogP contribution is -1.71. The Balaban J connectivity index is 2.49. The van der Waals surface area contributed by atoms with E-state index in [2.05, 4.69) is 12.5 Å². The van der Waals surface area contributed by atoms with Crippen molar-refractivity contribution in [3.05, 3.63) is 24.2 Å². The Bertz CT molecular complexity index is 107. The van der Waals surface area contributed by atoms with Crippen molar-refractivity contribution in [2.24, 2.45) is 0 Å². The molecule has 7 heavy (non-hydrogen) atoms. The van der Waals surface area contributed by atoms with Crippen LogP contribution < -0.4 is 0 Å². The highest BCUT2D eigenvalue weighted by molar-refractivity contribution is 7.55. The lowest BCUT2D eigenvalue weighted by atomic mass is 10.6. The van der Waals surface area contributed by atoms with E-state index in [1.165, 1.54) is 0 Å². The molecule has 0 aliphatic carbocycles. The van der Waals surface area contributed by atoms with E-state index in [0.29, 0.717) is 0 Å². The zero-order chi connectivity index (χ0) is 5.11. The number of allylic oxidation sites excluding steroid dienone is 2. The highest BCUT2D eigenvalue weighted by atomic mass is 31.1. The van der Waals surface area contributed by atoms with Gasteiger partial charge in [0.15, 0.2) is 0 Å². The molecule has 1 aliphatic heterocycles. The monoisotopic (exact) mass is 114 g/mol. The number of hydrogen-bond donors (Lipinski definition) is 0. The van der Waals surface area contributed by atoms with Crippen LogP contribution in [0.1, 0.15) is 0 Å². The fraction of sp³-hybridized carbons (Fsp3) is 0.200. The Morgan fingerprint density at radius 2 is 2.29 bits per heavy atom. The van der Waals surface area contributed by atoms with E-state index < -0.39 is 0 Å². The van der Waals surface area contributed by atoms with Gasteiger partial charge in [0.1, 0.15) is 8.15 Å². The predicted molar refractivity (Wildman–Crippen MR) is 32.2 cm³/mol. The van der Waals surface area contributed by atoms with Crippen LogP contribution >= 0.6 is 8.15 Å². The van der Waals surface area contributed by atoms with Gasteiger partial charge in [-0.2, -0.15) is 0 Å². The molecule has 38 valence electrons. The normalized spacial score (nSPS) is 27.3. The highest BCUT2D eigenvalue weighted by Gasteiger charge is 1.93. The predicted octanol–water partition coefficient (Wildman–Crippen LogP) is 2.07. The summed E-state index contributed by atoms with van der Waals surface area (Å²) in [4.78, 5) is 0. The lowest BCUT2D eigenvalue weighted by molar-refractivity contribution is 0.543. The standard InChI is InChI=1S/C5H7OP/c1-7-5-3-2-4-6-7/h2-5H,1H3. The smallest absolute Gasteiger partial charge is 0.107 e. The molecule has 0 radical (unpaired) electrons. The Morgan fingerprint density at radius 1 is 1.43 bits per heavy atom. The van der Waals surface area contributed by atoms with Gasteiger partial charge in [-0.05, 0) is 18.6 Å². The maximum absolute atomic E-state index is 5.08. The fourth-order valence-corrected chi connectivity index (χ4v) is 1.06. The van der Waals surface area contributed by atoms with Crippen molar-refractivity contribution in [2.45, 2.75) is 0 Å². The molecular formula is C5H7OP. The third-order valence-corrected chi connectivity index (χ3v) is 1.76. The molecule has 1 rings (SSSR count). The summed E-state index contributed by atoms with van der Waals surface area (Å²) in [7, 11) is -0.259.